The highest BCUT2D eigenvalue weighted by Gasteiger charge is 2.16. The maximum atomic E-state index is 12.3. The lowest BCUT2D eigenvalue weighted by Gasteiger charge is -1.98. The molecule has 4 nitrogen and oxygen atoms in total. The van der Waals surface area contributed by atoms with Gasteiger partial charge in [0.2, 0.25) is 0 Å². The summed E-state index contributed by atoms with van der Waals surface area (Å²) in [7, 11) is 0. The summed E-state index contributed by atoms with van der Waals surface area (Å²) < 4.78 is 0. The maximum absolute atomic E-state index is 12.3. The smallest absolute Gasteiger partial charge is 0.269 e. The Hall–Kier alpha value is -2.05. The van der Waals surface area contributed by atoms with Crippen molar-refractivity contribution in [2.24, 2.45) is 0 Å². The first-order valence-electron chi connectivity index (χ1n) is 6.85. The average Bonchev–Trinajstić information content (AvgIpc) is 3.06. The molecule has 22 heavy (non-hydrogen) atoms. The number of aromatic nitrogens is 2. The van der Waals surface area contributed by atoms with E-state index in [-0.39, 0.29) is 5.91 Å². The summed E-state index contributed by atoms with van der Waals surface area (Å²) in [4.78, 5) is 21.8. The number of hydrogen-bond acceptors (Lipinski definition) is 5. The lowest BCUT2D eigenvalue weighted by Crippen LogP contribution is -2.11. The molecule has 1 N–H and O–H groups in total. The zero-order chi connectivity index (χ0) is 15.5. The van der Waals surface area contributed by atoms with E-state index in [0.29, 0.717) is 10.0 Å². The molecule has 2 aromatic heterocycles. The monoisotopic (exact) mass is 329 g/mol. The van der Waals surface area contributed by atoms with Gasteiger partial charge in [0.25, 0.3) is 5.91 Å². The zero-order valence-electron chi connectivity index (χ0n) is 12.3. The van der Waals surface area contributed by atoms with Crippen LogP contribution in [0.1, 0.15) is 31.6 Å². The zero-order valence-corrected chi connectivity index (χ0v) is 13.9. The van der Waals surface area contributed by atoms with Crippen LogP contribution in [0.3, 0.4) is 0 Å². The number of anilines is 1. The van der Waals surface area contributed by atoms with Gasteiger partial charge in [-0.05, 0) is 19.4 Å². The van der Waals surface area contributed by atoms with Crippen molar-refractivity contribution < 1.29 is 4.79 Å². The SMILES string of the molecule is Cc1csc(NC(=O)c2sc(Cc3ccccc3)nc2C)n1. The Morgan fingerprint density at radius 1 is 1.18 bits per heavy atom. The molecule has 0 aliphatic heterocycles. The van der Waals surface area contributed by atoms with Gasteiger partial charge in [0.15, 0.2) is 5.13 Å². The summed E-state index contributed by atoms with van der Waals surface area (Å²) in [5, 5.41) is 6.32. The summed E-state index contributed by atoms with van der Waals surface area (Å²) in [6.07, 6.45) is 0.746. The molecule has 1 aromatic carbocycles. The second-order valence-corrected chi connectivity index (χ2v) is 6.87. The second-order valence-electron chi connectivity index (χ2n) is 4.93. The molecule has 0 saturated carbocycles. The van der Waals surface area contributed by atoms with Crippen molar-refractivity contribution in [3.05, 3.63) is 62.5 Å². The molecule has 0 atom stereocenters. The van der Waals surface area contributed by atoms with E-state index in [9.17, 15) is 4.79 Å². The normalized spacial score (nSPS) is 10.6. The number of carbonyl (C=O) groups excluding carboxylic acids is 1. The van der Waals surface area contributed by atoms with Crippen molar-refractivity contribution in [2.45, 2.75) is 20.3 Å². The summed E-state index contributed by atoms with van der Waals surface area (Å²) in [5.74, 6) is -0.135. The molecule has 0 spiro atoms. The third kappa shape index (κ3) is 3.40. The second kappa shape index (κ2) is 6.37. The van der Waals surface area contributed by atoms with Gasteiger partial charge >= 0.3 is 0 Å². The molecule has 0 aliphatic rings. The highest BCUT2D eigenvalue weighted by Crippen LogP contribution is 2.23. The van der Waals surface area contributed by atoms with E-state index in [2.05, 4.69) is 27.4 Å². The molecule has 112 valence electrons. The van der Waals surface area contributed by atoms with Crippen LogP contribution in [-0.4, -0.2) is 15.9 Å². The van der Waals surface area contributed by atoms with Crippen molar-refractivity contribution in [3.8, 4) is 0 Å². The van der Waals surface area contributed by atoms with Gasteiger partial charge in [-0.1, -0.05) is 30.3 Å². The molecule has 6 heteroatoms. The molecule has 0 radical (unpaired) electrons. The van der Waals surface area contributed by atoms with Crippen LogP contribution in [0.5, 0.6) is 0 Å². The maximum Gasteiger partial charge on any atom is 0.269 e. The van der Waals surface area contributed by atoms with Crippen LogP contribution >= 0.6 is 22.7 Å². The first kappa shape index (κ1) is 14.9. The van der Waals surface area contributed by atoms with E-state index < -0.39 is 0 Å². The Kier molecular flexibility index (Phi) is 4.31. The Bertz CT molecular complexity index is 793. The van der Waals surface area contributed by atoms with Crippen molar-refractivity contribution in [3.63, 3.8) is 0 Å². The number of thiazole rings is 2. The largest absolute Gasteiger partial charge is 0.297 e. The van der Waals surface area contributed by atoms with Crippen molar-refractivity contribution in [1.82, 2.24) is 9.97 Å². The van der Waals surface area contributed by atoms with Crippen molar-refractivity contribution in [2.75, 3.05) is 5.32 Å². The number of nitrogens with one attached hydrogen (secondary N) is 1. The average molecular weight is 329 g/mol. The fraction of sp³-hybridized carbons (Fsp3) is 0.188. The van der Waals surface area contributed by atoms with Crippen LogP contribution in [0.4, 0.5) is 5.13 Å². The number of nitrogens with zero attached hydrogens (tertiary/aromatic N) is 2. The standard InChI is InChI=1S/C16H15N3OS2/c1-10-9-21-16(17-10)19-15(20)14-11(2)18-13(22-14)8-12-6-4-3-5-7-12/h3-7,9H,8H2,1-2H3,(H,17,19,20). The molecular weight excluding hydrogens is 314 g/mol. The third-order valence-electron chi connectivity index (χ3n) is 3.08. The number of carbonyl (C=O) groups is 1. The summed E-state index contributed by atoms with van der Waals surface area (Å²) in [6, 6.07) is 10.1. The van der Waals surface area contributed by atoms with E-state index >= 15 is 0 Å². The van der Waals surface area contributed by atoms with Gasteiger partial charge in [-0.2, -0.15) is 0 Å². The molecule has 0 saturated heterocycles. The van der Waals surface area contributed by atoms with E-state index in [4.69, 9.17) is 0 Å². The Morgan fingerprint density at radius 2 is 1.95 bits per heavy atom. The minimum atomic E-state index is -0.135. The molecule has 3 rings (SSSR count). The minimum absolute atomic E-state index is 0.135. The highest BCUT2D eigenvalue weighted by atomic mass is 32.1. The Morgan fingerprint density at radius 3 is 2.64 bits per heavy atom. The molecule has 0 bridgehead atoms. The van der Waals surface area contributed by atoms with Gasteiger partial charge in [-0.3, -0.25) is 10.1 Å². The molecule has 2 heterocycles. The Labute approximate surface area is 136 Å². The van der Waals surface area contributed by atoms with Crippen molar-refractivity contribution in [1.29, 1.82) is 0 Å². The van der Waals surface area contributed by atoms with Gasteiger partial charge in [0.05, 0.1) is 16.4 Å². The van der Waals surface area contributed by atoms with Gasteiger partial charge in [-0.25, -0.2) is 9.97 Å². The first-order valence-corrected chi connectivity index (χ1v) is 8.55. The summed E-state index contributed by atoms with van der Waals surface area (Å²) >= 11 is 2.87. The van der Waals surface area contributed by atoms with Crippen molar-refractivity contribution >= 4 is 33.7 Å². The minimum Gasteiger partial charge on any atom is -0.297 e. The predicted molar refractivity (Wildman–Crippen MR) is 90.9 cm³/mol. The number of rotatable bonds is 4. The number of hydrogen-bond donors (Lipinski definition) is 1. The fourth-order valence-corrected chi connectivity index (χ4v) is 3.75. The number of benzene rings is 1. The number of amides is 1. The van der Waals surface area contributed by atoms with Crippen LogP contribution < -0.4 is 5.32 Å². The van der Waals surface area contributed by atoms with E-state index in [1.165, 1.54) is 28.2 Å². The topological polar surface area (TPSA) is 54.9 Å². The lowest BCUT2D eigenvalue weighted by molar-refractivity contribution is 0.103. The summed E-state index contributed by atoms with van der Waals surface area (Å²) in [6.45, 7) is 3.77. The van der Waals surface area contributed by atoms with E-state index in [1.807, 2.05) is 37.4 Å². The molecule has 0 fully saturated rings. The van der Waals surface area contributed by atoms with E-state index in [0.717, 1.165) is 22.8 Å². The van der Waals surface area contributed by atoms with Crippen LogP contribution in [0.25, 0.3) is 0 Å². The first-order chi connectivity index (χ1) is 10.6. The Balaban J connectivity index is 1.75. The molecule has 0 unspecified atom stereocenters. The third-order valence-corrected chi connectivity index (χ3v) is 5.12. The number of aryl methyl sites for hydroxylation is 2. The molecule has 1 amide bonds. The van der Waals surface area contributed by atoms with Crippen LogP contribution in [0.2, 0.25) is 0 Å². The molecule has 0 aliphatic carbocycles. The lowest BCUT2D eigenvalue weighted by atomic mass is 10.2. The fourth-order valence-electron chi connectivity index (χ4n) is 2.07. The summed E-state index contributed by atoms with van der Waals surface area (Å²) in [5.41, 5.74) is 2.87. The van der Waals surface area contributed by atoms with Crippen LogP contribution in [0.15, 0.2) is 35.7 Å². The van der Waals surface area contributed by atoms with Gasteiger partial charge < -0.3 is 0 Å². The highest BCUT2D eigenvalue weighted by molar-refractivity contribution is 7.15. The van der Waals surface area contributed by atoms with Gasteiger partial charge in [0, 0.05) is 11.8 Å². The quantitative estimate of drug-likeness (QED) is 0.785. The molecular formula is C16H15N3OS2. The van der Waals surface area contributed by atoms with Crippen LogP contribution in [-0.2, 0) is 6.42 Å². The predicted octanol–water partition coefficient (Wildman–Crippen LogP) is 4.06. The molecule has 3 aromatic rings. The van der Waals surface area contributed by atoms with E-state index in [1.54, 1.807) is 0 Å². The van der Waals surface area contributed by atoms with Gasteiger partial charge in [0.1, 0.15) is 4.88 Å². The van der Waals surface area contributed by atoms with Crippen LogP contribution in [0, 0.1) is 13.8 Å². The van der Waals surface area contributed by atoms with Gasteiger partial charge in [-0.15, -0.1) is 22.7 Å².